The van der Waals surface area contributed by atoms with Gasteiger partial charge in [-0.1, -0.05) is 109 Å². The second-order valence-electron chi connectivity index (χ2n) is 7.59. The lowest BCUT2D eigenvalue weighted by molar-refractivity contribution is -0.112. The minimum absolute atomic E-state index is 0.159. The van der Waals surface area contributed by atoms with Crippen molar-refractivity contribution >= 4 is 34.4 Å². The van der Waals surface area contributed by atoms with E-state index in [4.69, 9.17) is 4.74 Å². The van der Waals surface area contributed by atoms with Gasteiger partial charge in [-0.3, -0.25) is 4.79 Å². The van der Waals surface area contributed by atoms with Gasteiger partial charge in [0.1, 0.15) is 5.75 Å². The van der Waals surface area contributed by atoms with Crippen LogP contribution in [0, 0.1) is 0 Å². The fourth-order valence-electron chi connectivity index (χ4n) is 3.89. The molecule has 0 heterocycles. The molecule has 0 saturated carbocycles. The average Bonchev–Trinajstić information content (AvgIpc) is 2.87. The molecule has 0 radical (unpaired) electrons. The molecule has 0 atom stereocenters. The molecule has 0 unspecified atom stereocenters. The fraction of sp³-hybridized carbons (Fsp3) is 0.103. The van der Waals surface area contributed by atoms with Gasteiger partial charge in [0.25, 0.3) is 0 Å². The Labute approximate surface area is 190 Å². The molecular weight excluding hydrogens is 411 g/mol. The van der Waals surface area contributed by atoms with Crippen LogP contribution < -0.4 is 20.7 Å². The van der Waals surface area contributed by atoms with E-state index in [1.54, 1.807) is 0 Å². The molecule has 0 amide bonds. The lowest BCUT2D eigenvalue weighted by atomic mass is 10.2. The van der Waals surface area contributed by atoms with Crippen molar-refractivity contribution in [2.24, 2.45) is 0 Å². The van der Waals surface area contributed by atoms with Crippen LogP contribution >= 0.6 is 6.89 Å². The molecule has 0 aromatic heterocycles. The lowest BCUT2D eigenvalue weighted by Crippen LogP contribution is -2.28. The van der Waals surface area contributed by atoms with E-state index in [-0.39, 0.29) is 5.78 Å². The van der Waals surface area contributed by atoms with E-state index in [0.29, 0.717) is 19.4 Å². The van der Waals surface area contributed by atoms with Gasteiger partial charge in [-0.05, 0) is 47.1 Å². The summed E-state index contributed by atoms with van der Waals surface area (Å²) in [5.74, 6) is 3.00. The van der Waals surface area contributed by atoms with Crippen LogP contribution in [-0.4, -0.2) is 18.2 Å². The van der Waals surface area contributed by atoms with Gasteiger partial charge in [0.05, 0.1) is 6.61 Å². The van der Waals surface area contributed by atoms with Crippen LogP contribution in [0.5, 0.6) is 5.75 Å². The molecule has 0 aliphatic heterocycles. The summed E-state index contributed by atoms with van der Waals surface area (Å²) in [6.45, 7) is -1.71. The molecular formula is C29H27O2P. The Kier molecular flexibility index (Phi) is 7.38. The number of carbonyl (C=O) groups excluding carboxylic acids is 1. The maximum absolute atomic E-state index is 13.3. The smallest absolute Gasteiger partial charge is 0.156 e. The van der Waals surface area contributed by atoms with Crippen molar-refractivity contribution in [2.75, 3.05) is 6.61 Å². The Morgan fingerprint density at radius 1 is 0.625 bits per heavy atom. The second kappa shape index (κ2) is 10.8. The average molecular weight is 439 g/mol. The van der Waals surface area contributed by atoms with Gasteiger partial charge in [-0.15, -0.1) is 0 Å². The molecule has 0 fully saturated rings. The monoisotopic (exact) mass is 438 g/mol. The first-order valence-electron chi connectivity index (χ1n) is 10.9. The predicted molar refractivity (Wildman–Crippen MR) is 137 cm³/mol. The lowest BCUT2D eigenvalue weighted by Gasteiger charge is -2.28. The first kappa shape index (κ1) is 21.9. The second-order valence-corrected chi connectivity index (χ2v) is 10.8. The van der Waals surface area contributed by atoms with Gasteiger partial charge < -0.3 is 4.74 Å². The highest BCUT2D eigenvalue weighted by molar-refractivity contribution is 7.95. The van der Waals surface area contributed by atoms with E-state index in [1.165, 1.54) is 15.9 Å². The zero-order valence-electron chi connectivity index (χ0n) is 18.0. The van der Waals surface area contributed by atoms with E-state index < -0.39 is 6.89 Å². The topological polar surface area (TPSA) is 26.3 Å². The third-order valence-corrected chi connectivity index (χ3v) is 9.42. The summed E-state index contributed by atoms with van der Waals surface area (Å²) >= 11 is 0. The number of ketones is 1. The first-order valence-corrected chi connectivity index (χ1v) is 12.8. The normalized spacial score (nSPS) is 11.0. The molecule has 4 aromatic rings. The summed E-state index contributed by atoms with van der Waals surface area (Å²) in [6, 6.07) is 41.0. The third-order valence-electron chi connectivity index (χ3n) is 5.41. The van der Waals surface area contributed by atoms with Crippen molar-refractivity contribution in [1.29, 1.82) is 0 Å². The van der Waals surface area contributed by atoms with Crippen LogP contribution in [0.1, 0.15) is 12.8 Å². The Balaban J connectivity index is 1.68. The Morgan fingerprint density at radius 3 is 1.47 bits per heavy atom. The number of benzene rings is 4. The maximum Gasteiger partial charge on any atom is 0.156 e. The molecule has 0 saturated heterocycles. The summed E-state index contributed by atoms with van der Waals surface area (Å²) in [4.78, 5) is 13.3. The van der Waals surface area contributed by atoms with Gasteiger partial charge in [0, 0.05) is 6.42 Å². The van der Waals surface area contributed by atoms with E-state index in [9.17, 15) is 4.79 Å². The first-order chi connectivity index (χ1) is 15.8. The van der Waals surface area contributed by atoms with Gasteiger partial charge >= 0.3 is 0 Å². The number of ether oxygens (including phenoxy) is 1. The van der Waals surface area contributed by atoms with Crippen LogP contribution in [-0.2, 0) is 4.79 Å². The quantitative estimate of drug-likeness (QED) is 0.265. The van der Waals surface area contributed by atoms with Crippen molar-refractivity contribution in [2.45, 2.75) is 12.8 Å². The molecule has 0 spiro atoms. The summed E-state index contributed by atoms with van der Waals surface area (Å²) in [5.41, 5.74) is 0. The van der Waals surface area contributed by atoms with E-state index >= 15 is 0 Å². The zero-order chi connectivity index (χ0) is 22.1. The number of para-hydroxylation sites is 1. The highest BCUT2D eigenvalue weighted by atomic mass is 31.2. The number of hydrogen-bond donors (Lipinski definition) is 0. The van der Waals surface area contributed by atoms with Crippen molar-refractivity contribution < 1.29 is 9.53 Å². The number of rotatable bonds is 9. The predicted octanol–water partition coefficient (Wildman–Crippen LogP) is 5.21. The molecule has 32 heavy (non-hydrogen) atoms. The van der Waals surface area contributed by atoms with Gasteiger partial charge in [0.2, 0.25) is 0 Å². The molecule has 0 bridgehead atoms. The fourth-order valence-corrected chi connectivity index (χ4v) is 7.72. The summed E-state index contributed by atoms with van der Waals surface area (Å²) < 4.78 is 5.78. The minimum Gasteiger partial charge on any atom is -0.494 e. The van der Waals surface area contributed by atoms with Crippen LogP contribution in [0.2, 0.25) is 0 Å². The van der Waals surface area contributed by atoms with Crippen LogP contribution in [0.15, 0.2) is 121 Å². The van der Waals surface area contributed by atoms with Crippen molar-refractivity contribution in [1.82, 2.24) is 0 Å². The molecule has 3 heteroatoms. The molecule has 160 valence electrons. The summed E-state index contributed by atoms with van der Waals surface area (Å²) in [5, 5.41) is 3.56. The van der Waals surface area contributed by atoms with Gasteiger partial charge in [-0.2, -0.15) is 0 Å². The number of Topliss-reactive ketones (excluding diaryl/α,β-unsaturated/α-hetero) is 1. The molecule has 0 N–H and O–H groups in total. The standard InChI is InChI=1S/C29H27O2P/c30-25(14-13-23-31-26-15-5-1-6-16-26)24-32(27-17-7-2-8-18-27,28-19-9-3-10-20-28)29-21-11-4-12-22-29/h1-12,15-22,24H,13-14,23H2. The van der Waals surface area contributed by atoms with Gasteiger partial charge in [-0.25, -0.2) is 0 Å². The number of carbonyl (C=O) groups is 1. The van der Waals surface area contributed by atoms with Crippen molar-refractivity contribution in [3.05, 3.63) is 121 Å². The highest BCUT2D eigenvalue weighted by Gasteiger charge is 2.26. The van der Waals surface area contributed by atoms with E-state index in [2.05, 4.69) is 72.8 Å². The van der Waals surface area contributed by atoms with Crippen LogP contribution in [0.4, 0.5) is 0 Å². The molecule has 0 aliphatic rings. The third kappa shape index (κ3) is 5.10. The Bertz CT molecular complexity index is 1070. The van der Waals surface area contributed by atoms with E-state index in [0.717, 1.165) is 5.75 Å². The van der Waals surface area contributed by atoms with Crippen molar-refractivity contribution in [3.8, 4) is 5.75 Å². The minimum atomic E-state index is -2.23. The highest BCUT2D eigenvalue weighted by Crippen LogP contribution is 2.43. The van der Waals surface area contributed by atoms with Crippen LogP contribution in [0.3, 0.4) is 0 Å². The SMILES string of the molecule is O=C(C=P(c1ccccc1)(c1ccccc1)c1ccccc1)CCCOc1ccccc1. The summed E-state index contributed by atoms with van der Waals surface area (Å²) in [6.07, 6.45) is 1.14. The van der Waals surface area contributed by atoms with E-state index in [1.807, 2.05) is 54.3 Å². The Morgan fingerprint density at radius 2 is 1.03 bits per heavy atom. The zero-order valence-corrected chi connectivity index (χ0v) is 18.9. The molecule has 4 aromatic carbocycles. The summed E-state index contributed by atoms with van der Waals surface area (Å²) in [7, 11) is 0. The van der Waals surface area contributed by atoms with Crippen LogP contribution in [0.25, 0.3) is 0 Å². The Hall–Kier alpha value is -3.35. The molecule has 2 nitrogen and oxygen atoms in total. The molecule has 0 aliphatic carbocycles. The molecule has 4 rings (SSSR count). The van der Waals surface area contributed by atoms with Crippen molar-refractivity contribution in [3.63, 3.8) is 0 Å². The number of hydrogen-bond acceptors (Lipinski definition) is 2. The maximum atomic E-state index is 13.3. The van der Waals surface area contributed by atoms with Gasteiger partial charge in [0.15, 0.2) is 5.78 Å². The largest absolute Gasteiger partial charge is 0.494 e.